The molecular formula is C15H13Cl2N3O. The van der Waals surface area contributed by atoms with Crippen LogP contribution in [0.3, 0.4) is 0 Å². The van der Waals surface area contributed by atoms with Crippen LogP contribution in [0.1, 0.15) is 11.4 Å². The van der Waals surface area contributed by atoms with Crippen molar-refractivity contribution < 1.29 is 4.74 Å². The van der Waals surface area contributed by atoms with Crippen LogP contribution < -0.4 is 4.74 Å². The number of aryl methyl sites for hydroxylation is 1. The Bertz CT molecular complexity index is 814. The molecule has 1 aromatic carbocycles. The van der Waals surface area contributed by atoms with Crippen molar-refractivity contribution in [3.8, 4) is 11.6 Å². The molecule has 4 nitrogen and oxygen atoms in total. The van der Waals surface area contributed by atoms with Crippen molar-refractivity contribution in [1.82, 2.24) is 14.5 Å². The highest BCUT2D eigenvalue weighted by Crippen LogP contribution is 2.27. The lowest BCUT2D eigenvalue weighted by Gasteiger charge is -2.11. The Kier molecular flexibility index (Phi) is 3.74. The van der Waals surface area contributed by atoms with E-state index in [0.29, 0.717) is 16.5 Å². The quantitative estimate of drug-likeness (QED) is 0.681. The average molecular weight is 322 g/mol. The summed E-state index contributed by atoms with van der Waals surface area (Å²) < 4.78 is 7.12. The Balaban J connectivity index is 2.36. The second kappa shape index (κ2) is 5.54. The van der Waals surface area contributed by atoms with Crippen molar-refractivity contribution in [3.63, 3.8) is 0 Å². The van der Waals surface area contributed by atoms with Crippen molar-refractivity contribution in [2.75, 3.05) is 7.11 Å². The lowest BCUT2D eigenvalue weighted by molar-refractivity contribution is 0.399. The zero-order chi connectivity index (χ0) is 15.0. The number of hydrogen-bond donors (Lipinski definition) is 0. The van der Waals surface area contributed by atoms with Crippen LogP contribution in [-0.4, -0.2) is 21.6 Å². The monoisotopic (exact) mass is 321 g/mol. The molecule has 2 aromatic heterocycles. The Hall–Kier alpha value is -1.78. The van der Waals surface area contributed by atoms with E-state index in [1.165, 1.54) is 0 Å². The fourth-order valence-corrected chi connectivity index (χ4v) is 2.61. The lowest BCUT2D eigenvalue weighted by Crippen LogP contribution is -2.03. The number of imidazole rings is 1. The van der Waals surface area contributed by atoms with Crippen molar-refractivity contribution >= 4 is 34.4 Å². The summed E-state index contributed by atoms with van der Waals surface area (Å²) in [6.45, 7) is 2.01. The maximum Gasteiger partial charge on any atom is 0.215 e. The van der Waals surface area contributed by atoms with Gasteiger partial charge in [0, 0.05) is 11.1 Å². The molecule has 3 aromatic rings. The molecule has 0 bridgehead atoms. The number of ether oxygens (including phenoxy) is 1. The van der Waals surface area contributed by atoms with Gasteiger partial charge in [-0.25, -0.2) is 4.98 Å². The second-order valence-corrected chi connectivity index (χ2v) is 5.33. The number of aromatic nitrogens is 3. The fraction of sp³-hybridized carbons (Fsp3) is 0.200. The number of hydrogen-bond acceptors (Lipinski definition) is 3. The molecule has 0 radical (unpaired) electrons. The van der Waals surface area contributed by atoms with E-state index in [2.05, 4.69) is 9.97 Å². The summed E-state index contributed by atoms with van der Waals surface area (Å²) in [5.41, 5.74) is 3.46. The molecule has 0 aliphatic rings. The summed E-state index contributed by atoms with van der Waals surface area (Å²) in [6.07, 6.45) is 0. The van der Waals surface area contributed by atoms with E-state index in [4.69, 9.17) is 27.9 Å². The zero-order valence-electron chi connectivity index (χ0n) is 11.6. The predicted octanol–water partition coefficient (Wildman–Crippen LogP) is 4.13. The highest BCUT2D eigenvalue weighted by molar-refractivity contribution is 6.30. The standard InChI is InChI=1S/C15H13Cl2N3O/c1-9-3-4-10(17)7-12(9)20-13(8-16)18-11-5-6-14(21-2)19-15(11)20/h3-7H,8H2,1-2H3. The molecule has 3 rings (SSSR count). The number of halogens is 2. The van der Waals surface area contributed by atoms with Gasteiger partial charge in [-0.1, -0.05) is 17.7 Å². The van der Waals surface area contributed by atoms with Crippen LogP contribution in [0, 0.1) is 6.92 Å². The Morgan fingerprint density at radius 3 is 2.71 bits per heavy atom. The summed E-state index contributed by atoms with van der Waals surface area (Å²) in [7, 11) is 1.59. The summed E-state index contributed by atoms with van der Waals surface area (Å²) in [4.78, 5) is 9.01. The molecular weight excluding hydrogens is 309 g/mol. The molecule has 108 valence electrons. The van der Waals surface area contributed by atoms with Crippen LogP contribution in [-0.2, 0) is 5.88 Å². The molecule has 6 heteroatoms. The van der Waals surface area contributed by atoms with Gasteiger partial charge >= 0.3 is 0 Å². The van der Waals surface area contributed by atoms with Crippen molar-refractivity contribution in [2.45, 2.75) is 12.8 Å². The Labute approximate surface area is 132 Å². The van der Waals surface area contributed by atoms with Crippen LogP contribution in [0.25, 0.3) is 16.9 Å². The first-order valence-corrected chi connectivity index (χ1v) is 7.30. The van der Waals surface area contributed by atoms with E-state index < -0.39 is 0 Å². The van der Waals surface area contributed by atoms with Gasteiger partial charge in [-0.15, -0.1) is 11.6 Å². The SMILES string of the molecule is COc1ccc2nc(CCl)n(-c3cc(Cl)ccc3C)c2n1. The van der Waals surface area contributed by atoms with Crippen LogP contribution in [0.5, 0.6) is 5.88 Å². The van der Waals surface area contributed by atoms with Gasteiger partial charge in [0.25, 0.3) is 0 Å². The molecule has 0 aliphatic heterocycles. The summed E-state index contributed by atoms with van der Waals surface area (Å²) in [5, 5.41) is 0.654. The number of benzene rings is 1. The fourth-order valence-electron chi connectivity index (χ4n) is 2.27. The van der Waals surface area contributed by atoms with Crippen molar-refractivity contribution in [1.29, 1.82) is 0 Å². The van der Waals surface area contributed by atoms with Crippen LogP contribution in [0.2, 0.25) is 5.02 Å². The smallest absolute Gasteiger partial charge is 0.215 e. The minimum absolute atomic E-state index is 0.282. The van der Waals surface area contributed by atoms with E-state index in [9.17, 15) is 0 Å². The van der Waals surface area contributed by atoms with Crippen LogP contribution >= 0.6 is 23.2 Å². The van der Waals surface area contributed by atoms with E-state index in [1.54, 1.807) is 13.2 Å². The minimum Gasteiger partial charge on any atom is -0.481 e. The third-order valence-corrected chi connectivity index (χ3v) is 3.76. The summed E-state index contributed by atoms with van der Waals surface area (Å²) in [5.74, 6) is 1.53. The van der Waals surface area contributed by atoms with Gasteiger partial charge in [0.05, 0.1) is 18.7 Å². The number of nitrogens with zero attached hydrogens (tertiary/aromatic N) is 3. The van der Waals surface area contributed by atoms with E-state index in [-0.39, 0.29) is 5.88 Å². The first-order chi connectivity index (χ1) is 10.1. The molecule has 0 aliphatic carbocycles. The number of alkyl halides is 1. The predicted molar refractivity (Wildman–Crippen MR) is 84.7 cm³/mol. The van der Waals surface area contributed by atoms with Gasteiger partial charge < -0.3 is 4.74 Å². The molecule has 0 atom stereocenters. The maximum absolute atomic E-state index is 6.13. The first-order valence-electron chi connectivity index (χ1n) is 6.39. The van der Waals surface area contributed by atoms with Crippen molar-refractivity contribution in [3.05, 3.63) is 46.7 Å². The zero-order valence-corrected chi connectivity index (χ0v) is 13.1. The van der Waals surface area contributed by atoms with E-state index >= 15 is 0 Å². The van der Waals surface area contributed by atoms with E-state index in [1.807, 2.05) is 35.8 Å². The first kappa shape index (κ1) is 14.2. The Morgan fingerprint density at radius 2 is 2.00 bits per heavy atom. The number of fused-ring (bicyclic) bond motifs is 1. The molecule has 0 unspecified atom stereocenters. The van der Waals surface area contributed by atoms with Gasteiger partial charge in [0.1, 0.15) is 11.3 Å². The minimum atomic E-state index is 0.282. The Morgan fingerprint density at radius 1 is 1.19 bits per heavy atom. The summed E-state index contributed by atoms with van der Waals surface area (Å²) in [6, 6.07) is 9.35. The molecule has 0 N–H and O–H groups in total. The second-order valence-electron chi connectivity index (χ2n) is 4.62. The van der Waals surface area contributed by atoms with Gasteiger partial charge in [-0.2, -0.15) is 4.98 Å². The molecule has 21 heavy (non-hydrogen) atoms. The highest BCUT2D eigenvalue weighted by Gasteiger charge is 2.15. The molecule has 0 saturated heterocycles. The molecule has 2 heterocycles. The largest absolute Gasteiger partial charge is 0.481 e. The van der Waals surface area contributed by atoms with Gasteiger partial charge in [0.2, 0.25) is 5.88 Å². The molecule has 0 spiro atoms. The molecule has 0 amide bonds. The van der Waals surface area contributed by atoms with E-state index in [0.717, 1.165) is 22.6 Å². The summed E-state index contributed by atoms with van der Waals surface area (Å²) >= 11 is 12.2. The molecule has 0 fully saturated rings. The number of methoxy groups -OCH3 is 1. The van der Waals surface area contributed by atoms with Gasteiger partial charge in [0.15, 0.2) is 5.65 Å². The maximum atomic E-state index is 6.13. The number of rotatable bonds is 3. The van der Waals surface area contributed by atoms with Crippen molar-refractivity contribution in [2.24, 2.45) is 0 Å². The topological polar surface area (TPSA) is 39.9 Å². The van der Waals surface area contributed by atoms with Crippen LogP contribution in [0.15, 0.2) is 30.3 Å². The lowest BCUT2D eigenvalue weighted by atomic mass is 10.2. The molecule has 0 saturated carbocycles. The van der Waals surface area contributed by atoms with Gasteiger partial charge in [-0.3, -0.25) is 4.57 Å². The third-order valence-electron chi connectivity index (χ3n) is 3.29. The van der Waals surface area contributed by atoms with Crippen LogP contribution in [0.4, 0.5) is 0 Å². The highest BCUT2D eigenvalue weighted by atomic mass is 35.5. The average Bonchev–Trinajstić information content (AvgIpc) is 2.87. The third kappa shape index (κ3) is 2.45. The number of pyridine rings is 1. The normalized spacial score (nSPS) is 11.0. The van der Waals surface area contributed by atoms with Gasteiger partial charge in [-0.05, 0) is 30.7 Å².